The van der Waals surface area contributed by atoms with Crippen molar-refractivity contribution in [2.24, 2.45) is 5.73 Å². The summed E-state index contributed by atoms with van der Waals surface area (Å²) in [5.74, 6) is 1.01. The quantitative estimate of drug-likeness (QED) is 0.799. The molecular formula is C11H15N3O2S. The second-order valence-electron chi connectivity index (χ2n) is 3.62. The predicted molar refractivity (Wildman–Crippen MR) is 65.6 cm³/mol. The van der Waals surface area contributed by atoms with Gasteiger partial charge in [0.1, 0.15) is 0 Å². The Labute approximate surface area is 104 Å². The molecule has 0 saturated heterocycles. The van der Waals surface area contributed by atoms with Gasteiger partial charge in [-0.25, -0.2) is 0 Å². The van der Waals surface area contributed by atoms with Crippen molar-refractivity contribution in [2.75, 3.05) is 13.2 Å². The number of ether oxygens (including phenoxy) is 1. The van der Waals surface area contributed by atoms with Crippen molar-refractivity contribution in [1.82, 2.24) is 10.1 Å². The van der Waals surface area contributed by atoms with Gasteiger partial charge in [-0.2, -0.15) is 4.98 Å². The van der Waals surface area contributed by atoms with E-state index in [2.05, 4.69) is 17.1 Å². The summed E-state index contributed by atoms with van der Waals surface area (Å²) in [4.78, 5) is 5.21. The van der Waals surface area contributed by atoms with Crippen LogP contribution in [0, 0.1) is 0 Å². The van der Waals surface area contributed by atoms with E-state index in [0.29, 0.717) is 24.9 Å². The molecule has 2 heterocycles. The van der Waals surface area contributed by atoms with Crippen molar-refractivity contribution >= 4 is 11.3 Å². The molecule has 0 aromatic carbocycles. The highest BCUT2D eigenvalue weighted by Gasteiger charge is 2.15. The molecule has 1 unspecified atom stereocenters. The number of rotatable bonds is 6. The Hall–Kier alpha value is -1.24. The van der Waals surface area contributed by atoms with Gasteiger partial charge in [-0.3, -0.25) is 0 Å². The third-order valence-corrected chi connectivity index (χ3v) is 3.01. The van der Waals surface area contributed by atoms with Crippen LogP contribution in [0.3, 0.4) is 0 Å². The van der Waals surface area contributed by atoms with E-state index in [1.165, 1.54) is 0 Å². The number of hydrogen-bond donors (Lipinski definition) is 1. The largest absolute Gasteiger partial charge is 0.379 e. The van der Waals surface area contributed by atoms with Gasteiger partial charge in [0.25, 0.3) is 5.89 Å². The maximum absolute atomic E-state index is 5.90. The molecule has 0 bridgehead atoms. The van der Waals surface area contributed by atoms with Crippen molar-refractivity contribution in [3.8, 4) is 10.8 Å². The molecule has 1 atom stereocenters. The van der Waals surface area contributed by atoms with E-state index in [-0.39, 0.29) is 6.04 Å². The molecular weight excluding hydrogens is 238 g/mol. The zero-order valence-corrected chi connectivity index (χ0v) is 10.4. The van der Waals surface area contributed by atoms with E-state index in [9.17, 15) is 0 Å². The topological polar surface area (TPSA) is 74.2 Å². The van der Waals surface area contributed by atoms with Crippen LogP contribution < -0.4 is 5.73 Å². The molecule has 2 aromatic heterocycles. The average molecular weight is 253 g/mol. The predicted octanol–water partition coefficient (Wildman–Crippen LogP) is 2.22. The zero-order chi connectivity index (χ0) is 12.1. The van der Waals surface area contributed by atoms with Crippen LogP contribution in [0.5, 0.6) is 0 Å². The molecule has 6 heteroatoms. The highest BCUT2D eigenvalue weighted by atomic mass is 32.1. The molecule has 2 rings (SSSR count). The van der Waals surface area contributed by atoms with Crippen molar-refractivity contribution in [3.05, 3.63) is 23.3 Å². The minimum Gasteiger partial charge on any atom is -0.379 e. The molecule has 2 aromatic rings. The summed E-state index contributed by atoms with van der Waals surface area (Å²) in [5.41, 5.74) is 5.90. The highest BCUT2D eigenvalue weighted by molar-refractivity contribution is 7.13. The van der Waals surface area contributed by atoms with Crippen LogP contribution in [-0.2, 0) is 4.74 Å². The van der Waals surface area contributed by atoms with E-state index in [1.54, 1.807) is 11.3 Å². The lowest BCUT2D eigenvalue weighted by Gasteiger charge is -2.06. The Morgan fingerprint density at radius 3 is 3.18 bits per heavy atom. The number of thiophene rings is 1. The van der Waals surface area contributed by atoms with Gasteiger partial charge in [0, 0.05) is 6.61 Å². The number of hydrogen-bond acceptors (Lipinski definition) is 6. The monoisotopic (exact) mass is 253 g/mol. The fourth-order valence-corrected chi connectivity index (χ4v) is 1.96. The summed E-state index contributed by atoms with van der Waals surface area (Å²) < 4.78 is 10.5. The molecule has 0 spiro atoms. The minimum atomic E-state index is -0.334. The van der Waals surface area contributed by atoms with Crippen LogP contribution in [0.1, 0.15) is 25.2 Å². The molecule has 17 heavy (non-hydrogen) atoms. The van der Waals surface area contributed by atoms with Crippen LogP contribution in [0.4, 0.5) is 0 Å². The van der Waals surface area contributed by atoms with E-state index in [0.717, 1.165) is 11.3 Å². The molecule has 0 aliphatic carbocycles. The lowest BCUT2D eigenvalue weighted by Crippen LogP contribution is -2.18. The number of aromatic nitrogens is 2. The molecule has 2 N–H and O–H groups in total. The van der Waals surface area contributed by atoms with E-state index < -0.39 is 0 Å². The molecule has 0 amide bonds. The third-order valence-electron chi connectivity index (χ3n) is 2.15. The SMILES string of the molecule is CCCOCC(N)c1noc(-c2cccs2)n1. The normalized spacial score (nSPS) is 12.8. The van der Waals surface area contributed by atoms with Gasteiger partial charge < -0.3 is 15.0 Å². The first-order valence-corrected chi connectivity index (χ1v) is 6.40. The minimum absolute atomic E-state index is 0.334. The number of nitrogens with zero attached hydrogens (tertiary/aromatic N) is 2. The van der Waals surface area contributed by atoms with Crippen molar-refractivity contribution in [2.45, 2.75) is 19.4 Å². The fraction of sp³-hybridized carbons (Fsp3) is 0.455. The maximum atomic E-state index is 5.90. The second-order valence-corrected chi connectivity index (χ2v) is 4.56. The van der Waals surface area contributed by atoms with E-state index >= 15 is 0 Å². The van der Waals surface area contributed by atoms with Crippen LogP contribution in [0.25, 0.3) is 10.8 Å². The summed E-state index contributed by atoms with van der Waals surface area (Å²) in [5, 5.41) is 5.83. The lowest BCUT2D eigenvalue weighted by atomic mass is 10.3. The first kappa shape index (κ1) is 12.2. The van der Waals surface area contributed by atoms with Crippen LogP contribution >= 0.6 is 11.3 Å². The van der Waals surface area contributed by atoms with Gasteiger partial charge in [-0.1, -0.05) is 18.1 Å². The van der Waals surface area contributed by atoms with Crippen LogP contribution in [-0.4, -0.2) is 23.4 Å². The molecule has 0 aliphatic rings. The fourth-order valence-electron chi connectivity index (χ4n) is 1.31. The lowest BCUT2D eigenvalue weighted by molar-refractivity contribution is 0.119. The summed E-state index contributed by atoms with van der Waals surface area (Å²) >= 11 is 1.55. The van der Waals surface area contributed by atoms with Crippen LogP contribution in [0.15, 0.2) is 22.0 Å². The van der Waals surface area contributed by atoms with Gasteiger partial charge in [0.15, 0.2) is 5.82 Å². The maximum Gasteiger partial charge on any atom is 0.268 e. The molecule has 0 radical (unpaired) electrons. The Morgan fingerprint density at radius 1 is 1.59 bits per heavy atom. The zero-order valence-electron chi connectivity index (χ0n) is 9.63. The first-order chi connectivity index (χ1) is 8.31. The molecule has 0 aliphatic heterocycles. The molecule has 5 nitrogen and oxygen atoms in total. The first-order valence-electron chi connectivity index (χ1n) is 5.52. The Kier molecular flexibility index (Phi) is 4.24. The summed E-state index contributed by atoms with van der Waals surface area (Å²) in [6, 6.07) is 3.54. The molecule has 0 fully saturated rings. The van der Waals surface area contributed by atoms with Gasteiger partial charge in [0.05, 0.1) is 17.5 Å². The second kappa shape index (κ2) is 5.90. The Bertz CT molecular complexity index is 441. The van der Waals surface area contributed by atoms with Crippen molar-refractivity contribution in [1.29, 1.82) is 0 Å². The van der Waals surface area contributed by atoms with Gasteiger partial charge >= 0.3 is 0 Å². The van der Waals surface area contributed by atoms with Gasteiger partial charge in [0.2, 0.25) is 0 Å². The van der Waals surface area contributed by atoms with Gasteiger partial charge in [-0.05, 0) is 17.9 Å². The van der Waals surface area contributed by atoms with E-state index in [4.69, 9.17) is 15.0 Å². The van der Waals surface area contributed by atoms with Gasteiger partial charge in [-0.15, -0.1) is 11.3 Å². The van der Waals surface area contributed by atoms with Crippen molar-refractivity contribution in [3.63, 3.8) is 0 Å². The highest BCUT2D eigenvalue weighted by Crippen LogP contribution is 2.23. The summed E-state index contributed by atoms with van der Waals surface area (Å²) in [6.45, 7) is 3.16. The van der Waals surface area contributed by atoms with E-state index in [1.807, 2.05) is 17.5 Å². The third kappa shape index (κ3) is 3.12. The number of nitrogens with two attached hydrogens (primary N) is 1. The molecule has 92 valence electrons. The van der Waals surface area contributed by atoms with Crippen molar-refractivity contribution < 1.29 is 9.26 Å². The Morgan fingerprint density at radius 2 is 2.47 bits per heavy atom. The smallest absolute Gasteiger partial charge is 0.268 e. The summed E-state index contributed by atoms with van der Waals surface area (Å²) in [6.07, 6.45) is 0.972. The average Bonchev–Trinajstić information content (AvgIpc) is 3.00. The Balaban J connectivity index is 1.98. The van der Waals surface area contributed by atoms with Crippen LogP contribution in [0.2, 0.25) is 0 Å². The summed E-state index contributed by atoms with van der Waals surface area (Å²) in [7, 11) is 0. The standard InChI is InChI=1S/C11H15N3O2S/c1-2-5-15-7-8(12)10-13-11(16-14-10)9-4-3-6-17-9/h3-4,6,8H,2,5,7,12H2,1H3. The molecule has 0 saturated carbocycles.